The van der Waals surface area contributed by atoms with Crippen molar-refractivity contribution in [2.24, 2.45) is 0 Å². The zero-order valence-corrected chi connectivity index (χ0v) is 16.5. The van der Waals surface area contributed by atoms with E-state index in [2.05, 4.69) is 40.6 Å². The highest BCUT2D eigenvalue weighted by Crippen LogP contribution is 2.28. The Hall–Kier alpha value is -2.45. The zero-order valence-electron chi connectivity index (χ0n) is 14.9. The minimum Gasteiger partial charge on any atom is -0.494 e. The Balaban J connectivity index is 1.53. The third-order valence-corrected chi connectivity index (χ3v) is 5.81. The average Bonchev–Trinajstić information content (AvgIpc) is 3.12. The number of hydrogen-bond donors (Lipinski definition) is 1. The van der Waals surface area contributed by atoms with Crippen LogP contribution in [-0.2, 0) is 5.75 Å². The Bertz CT molecular complexity index is 946. The quantitative estimate of drug-likeness (QED) is 0.439. The first kappa shape index (κ1) is 19.3. The summed E-state index contributed by atoms with van der Waals surface area (Å²) in [4.78, 5) is 12.2. The zero-order chi connectivity index (χ0) is 19.2. The van der Waals surface area contributed by atoms with E-state index in [9.17, 15) is 9.18 Å². The lowest BCUT2D eigenvalue weighted by Gasteiger charge is -2.05. The molecule has 1 N–H and O–H groups in total. The van der Waals surface area contributed by atoms with Gasteiger partial charge in [0.2, 0.25) is 5.13 Å². The van der Waals surface area contributed by atoms with Gasteiger partial charge in [-0.2, -0.15) is 0 Å². The summed E-state index contributed by atoms with van der Waals surface area (Å²) in [6.45, 7) is 2.08. The van der Waals surface area contributed by atoms with Gasteiger partial charge in [0.05, 0.1) is 13.7 Å². The van der Waals surface area contributed by atoms with Crippen molar-refractivity contribution >= 4 is 34.0 Å². The average molecular weight is 404 g/mol. The van der Waals surface area contributed by atoms with E-state index in [1.54, 1.807) is 11.8 Å². The minimum atomic E-state index is -0.561. The highest BCUT2D eigenvalue weighted by molar-refractivity contribution is 8.00. The van der Waals surface area contributed by atoms with Crippen molar-refractivity contribution in [1.29, 1.82) is 0 Å². The first-order chi connectivity index (χ1) is 13.0. The fourth-order valence-corrected chi connectivity index (χ4v) is 4.07. The second-order valence-electron chi connectivity index (χ2n) is 5.78. The maximum absolute atomic E-state index is 13.7. The van der Waals surface area contributed by atoms with Crippen LogP contribution in [0, 0.1) is 12.7 Å². The molecule has 0 unspecified atom stereocenters. The Morgan fingerprint density at radius 3 is 2.85 bits per heavy atom. The van der Waals surface area contributed by atoms with E-state index in [1.807, 2.05) is 6.07 Å². The van der Waals surface area contributed by atoms with Gasteiger partial charge in [0.25, 0.3) is 0 Å². The number of ketones is 1. The van der Waals surface area contributed by atoms with Crippen LogP contribution in [0.25, 0.3) is 0 Å². The maximum Gasteiger partial charge on any atom is 0.206 e. The molecule has 0 radical (unpaired) electrons. The van der Waals surface area contributed by atoms with Crippen LogP contribution in [0.1, 0.15) is 21.5 Å². The van der Waals surface area contributed by atoms with Crippen molar-refractivity contribution in [3.05, 3.63) is 65.0 Å². The van der Waals surface area contributed by atoms with E-state index in [4.69, 9.17) is 4.74 Å². The van der Waals surface area contributed by atoms with Gasteiger partial charge in [-0.05, 0) is 30.7 Å². The molecule has 0 saturated carbocycles. The van der Waals surface area contributed by atoms with Crippen LogP contribution in [0.15, 0.2) is 46.8 Å². The number of ether oxygens (including phenoxy) is 1. The molecule has 0 saturated heterocycles. The molecule has 0 fully saturated rings. The molecule has 2 aromatic carbocycles. The monoisotopic (exact) mass is 403 g/mol. The largest absolute Gasteiger partial charge is 0.494 e. The Kier molecular flexibility index (Phi) is 6.41. The van der Waals surface area contributed by atoms with Gasteiger partial charge < -0.3 is 10.1 Å². The molecule has 5 nitrogen and oxygen atoms in total. The van der Waals surface area contributed by atoms with Gasteiger partial charge >= 0.3 is 0 Å². The van der Waals surface area contributed by atoms with Gasteiger partial charge in [0.15, 0.2) is 21.7 Å². The molecule has 140 valence electrons. The molecule has 0 atom stereocenters. The number of carbonyl (C=O) groups excluding carboxylic acids is 1. The molecule has 27 heavy (non-hydrogen) atoms. The topological polar surface area (TPSA) is 64.1 Å². The Labute approximate surface area is 165 Å². The summed E-state index contributed by atoms with van der Waals surface area (Å²) in [6, 6.07) is 12.5. The van der Waals surface area contributed by atoms with E-state index in [1.165, 1.54) is 47.8 Å². The van der Waals surface area contributed by atoms with E-state index >= 15 is 0 Å². The van der Waals surface area contributed by atoms with Gasteiger partial charge in [-0.1, -0.05) is 52.9 Å². The molecule has 0 aliphatic rings. The summed E-state index contributed by atoms with van der Waals surface area (Å²) in [6.07, 6.45) is 0. The summed E-state index contributed by atoms with van der Waals surface area (Å²) < 4.78 is 19.4. The molecular formula is C19H18FN3O2S2. The van der Waals surface area contributed by atoms with Crippen molar-refractivity contribution in [3.8, 4) is 5.75 Å². The van der Waals surface area contributed by atoms with Gasteiger partial charge in [-0.15, -0.1) is 10.2 Å². The van der Waals surface area contributed by atoms with Gasteiger partial charge in [0.1, 0.15) is 0 Å². The van der Waals surface area contributed by atoms with Gasteiger partial charge in [-0.25, -0.2) is 4.39 Å². The van der Waals surface area contributed by atoms with E-state index in [0.717, 1.165) is 10.1 Å². The summed E-state index contributed by atoms with van der Waals surface area (Å²) in [7, 11) is 1.38. The second-order valence-corrected chi connectivity index (χ2v) is 7.98. The number of anilines is 1. The third kappa shape index (κ3) is 5.27. The van der Waals surface area contributed by atoms with Crippen LogP contribution >= 0.6 is 23.1 Å². The van der Waals surface area contributed by atoms with Crippen molar-refractivity contribution in [2.75, 3.05) is 19.0 Å². The van der Waals surface area contributed by atoms with Crippen LogP contribution in [0.4, 0.5) is 9.52 Å². The molecule has 3 rings (SSSR count). The molecule has 0 bridgehead atoms. The van der Waals surface area contributed by atoms with Crippen LogP contribution in [0.5, 0.6) is 5.75 Å². The number of thioether (sulfide) groups is 1. The van der Waals surface area contributed by atoms with Gasteiger partial charge in [0, 0.05) is 11.3 Å². The molecule has 1 aromatic heterocycles. The van der Waals surface area contributed by atoms with E-state index < -0.39 is 5.82 Å². The molecule has 0 amide bonds. The van der Waals surface area contributed by atoms with Crippen LogP contribution < -0.4 is 10.1 Å². The lowest BCUT2D eigenvalue weighted by atomic mass is 10.1. The molecule has 0 aliphatic heterocycles. The van der Waals surface area contributed by atoms with Crippen molar-refractivity contribution < 1.29 is 13.9 Å². The smallest absolute Gasteiger partial charge is 0.206 e. The molecule has 0 aliphatic carbocycles. The predicted molar refractivity (Wildman–Crippen MR) is 106 cm³/mol. The highest BCUT2D eigenvalue weighted by atomic mass is 32.2. The summed E-state index contributed by atoms with van der Waals surface area (Å²) in [5.74, 6) is 0.120. The van der Waals surface area contributed by atoms with Crippen molar-refractivity contribution in [2.45, 2.75) is 17.0 Å². The number of carbonyl (C=O) groups is 1. The number of Topliss-reactive ketones (excluding diaryl/α,β-unsaturated/α-hetero) is 1. The minimum absolute atomic E-state index is 0.0168. The van der Waals surface area contributed by atoms with Gasteiger partial charge in [-0.3, -0.25) is 4.79 Å². The summed E-state index contributed by atoms with van der Waals surface area (Å²) in [5.41, 5.74) is 2.72. The first-order valence-electron chi connectivity index (χ1n) is 8.17. The lowest BCUT2D eigenvalue weighted by Crippen LogP contribution is -2.14. The molecule has 3 aromatic rings. The fourth-order valence-electron chi connectivity index (χ4n) is 2.38. The summed E-state index contributed by atoms with van der Waals surface area (Å²) in [5, 5.41) is 11.7. The third-order valence-electron chi connectivity index (χ3n) is 3.73. The number of methoxy groups -OCH3 is 1. The van der Waals surface area contributed by atoms with Crippen LogP contribution in [0.3, 0.4) is 0 Å². The number of nitrogens with zero attached hydrogens (tertiary/aromatic N) is 2. The number of halogens is 1. The van der Waals surface area contributed by atoms with E-state index in [-0.39, 0.29) is 23.6 Å². The number of aryl methyl sites for hydroxylation is 1. The van der Waals surface area contributed by atoms with Crippen LogP contribution in [0.2, 0.25) is 0 Å². The highest BCUT2D eigenvalue weighted by Gasteiger charge is 2.12. The number of benzene rings is 2. The summed E-state index contributed by atoms with van der Waals surface area (Å²) >= 11 is 2.98. The molecule has 8 heteroatoms. The maximum atomic E-state index is 13.7. The fraction of sp³-hybridized carbons (Fsp3) is 0.211. The standard InChI is InChI=1S/C19H18FN3O2S2/c1-12-4-3-5-13(8-12)11-26-19-23-22-18(27-19)21-10-16(24)14-6-7-17(25-2)15(20)9-14/h3-9H,10-11H2,1-2H3,(H,21,22). The van der Waals surface area contributed by atoms with Crippen LogP contribution in [-0.4, -0.2) is 29.6 Å². The van der Waals surface area contributed by atoms with Crippen molar-refractivity contribution in [3.63, 3.8) is 0 Å². The first-order valence-corrected chi connectivity index (χ1v) is 9.98. The Morgan fingerprint density at radius 1 is 1.26 bits per heavy atom. The lowest BCUT2D eigenvalue weighted by molar-refractivity contribution is 0.101. The molecule has 1 heterocycles. The molecular weight excluding hydrogens is 385 g/mol. The second kappa shape index (κ2) is 8.96. The number of rotatable bonds is 8. The number of hydrogen-bond acceptors (Lipinski definition) is 7. The Morgan fingerprint density at radius 2 is 2.11 bits per heavy atom. The molecule has 0 spiro atoms. The predicted octanol–water partition coefficient (Wildman–Crippen LogP) is 4.58. The van der Waals surface area contributed by atoms with E-state index in [0.29, 0.717) is 5.13 Å². The van der Waals surface area contributed by atoms with Crippen molar-refractivity contribution in [1.82, 2.24) is 10.2 Å². The number of nitrogens with one attached hydrogen (secondary N) is 1. The number of aromatic nitrogens is 2. The normalized spacial score (nSPS) is 10.6. The SMILES string of the molecule is COc1ccc(C(=O)CNc2nnc(SCc3cccc(C)c3)s2)cc1F.